The summed E-state index contributed by atoms with van der Waals surface area (Å²) in [6, 6.07) is 12.2. The van der Waals surface area contributed by atoms with Crippen LogP contribution in [0.5, 0.6) is 0 Å². The maximum Gasteiger partial charge on any atom is 0.214 e. The molecule has 4 aromatic rings. The fraction of sp³-hybridized carbons (Fsp3) is 0.118. The van der Waals surface area contributed by atoms with Gasteiger partial charge in [0.15, 0.2) is 0 Å². The molecule has 24 heavy (non-hydrogen) atoms. The molecular weight excluding hydrogens is 386 g/mol. The van der Waals surface area contributed by atoms with Crippen LogP contribution in [-0.2, 0) is 6.54 Å². The minimum Gasteiger partial charge on any atom is -0.345 e. The number of rotatable bonds is 4. The average Bonchev–Trinajstić information content (AvgIpc) is 3.17. The monoisotopic (exact) mass is 399 g/mol. The van der Waals surface area contributed by atoms with E-state index < -0.39 is 0 Å². The number of pyridine rings is 1. The van der Waals surface area contributed by atoms with Crippen LogP contribution in [0.2, 0.25) is 0 Å². The van der Waals surface area contributed by atoms with Gasteiger partial charge in [0.05, 0.1) is 11.9 Å². The number of hydrogen-bond donors (Lipinski definition) is 0. The van der Waals surface area contributed by atoms with E-state index in [-0.39, 0.29) is 0 Å². The van der Waals surface area contributed by atoms with Crippen molar-refractivity contribution in [2.75, 3.05) is 11.9 Å². The molecule has 3 aromatic heterocycles. The molecule has 0 aliphatic heterocycles. The van der Waals surface area contributed by atoms with Gasteiger partial charge in [0.25, 0.3) is 0 Å². The predicted octanol–water partition coefficient (Wildman–Crippen LogP) is 4.25. The van der Waals surface area contributed by atoms with Crippen molar-refractivity contribution in [1.29, 1.82) is 0 Å². The van der Waals surface area contributed by atoms with Gasteiger partial charge in [-0.1, -0.05) is 39.4 Å². The minimum atomic E-state index is 0.805. The molecule has 7 heteroatoms. The van der Waals surface area contributed by atoms with Crippen LogP contribution < -0.4 is 4.90 Å². The Balaban J connectivity index is 1.57. The van der Waals surface area contributed by atoms with Gasteiger partial charge in [-0.25, -0.2) is 9.50 Å². The number of imidazole rings is 1. The molecule has 0 aliphatic rings. The van der Waals surface area contributed by atoms with Gasteiger partial charge in [-0.3, -0.25) is 4.98 Å². The average molecular weight is 400 g/mol. The van der Waals surface area contributed by atoms with E-state index in [2.05, 4.69) is 60.2 Å². The molecule has 1 aromatic carbocycles. The summed E-state index contributed by atoms with van der Waals surface area (Å²) in [5.74, 6) is 0. The zero-order chi connectivity index (χ0) is 16.5. The van der Waals surface area contributed by atoms with Crippen LogP contribution in [0.25, 0.3) is 16.2 Å². The number of hydrogen-bond acceptors (Lipinski definition) is 5. The highest BCUT2D eigenvalue weighted by Gasteiger charge is 2.12. The summed E-state index contributed by atoms with van der Waals surface area (Å²) in [4.78, 5) is 11.8. The van der Waals surface area contributed by atoms with Crippen LogP contribution in [0.15, 0.2) is 59.5 Å². The molecule has 0 spiro atoms. The van der Waals surface area contributed by atoms with Gasteiger partial charge in [-0.2, -0.15) is 0 Å². The van der Waals surface area contributed by atoms with Crippen LogP contribution in [0, 0.1) is 0 Å². The molecule has 3 heterocycles. The number of anilines is 1. The molecule has 120 valence electrons. The third-order valence-electron chi connectivity index (χ3n) is 3.65. The molecule has 0 saturated carbocycles. The van der Waals surface area contributed by atoms with Gasteiger partial charge >= 0.3 is 0 Å². The highest BCUT2D eigenvalue weighted by atomic mass is 79.9. The summed E-state index contributed by atoms with van der Waals surface area (Å²) in [5, 5.41) is 5.58. The van der Waals surface area contributed by atoms with E-state index in [1.165, 1.54) is 5.56 Å². The minimum absolute atomic E-state index is 0.805. The highest BCUT2D eigenvalue weighted by Crippen LogP contribution is 2.26. The van der Waals surface area contributed by atoms with Crippen LogP contribution in [-0.4, -0.2) is 26.6 Å². The molecular formula is C17H14BrN5S. The molecule has 0 unspecified atom stereocenters. The molecule has 0 saturated heterocycles. The van der Waals surface area contributed by atoms with Crippen LogP contribution in [0.3, 0.4) is 0 Å². The Kier molecular flexibility index (Phi) is 4.03. The Morgan fingerprint density at radius 2 is 2.04 bits per heavy atom. The van der Waals surface area contributed by atoms with Crippen molar-refractivity contribution in [3.05, 3.63) is 65.0 Å². The quantitative estimate of drug-likeness (QED) is 0.514. The fourth-order valence-corrected chi connectivity index (χ4v) is 3.54. The topological polar surface area (TPSA) is 46.3 Å². The van der Waals surface area contributed by atoms with Crippen LogP contribution >= 0.6 is 27.3 Å². The Bertz CT molecular complexity index is 930. The maximum atomic E-state index is 4.65. The van der Waals surface area contributed by atoms with Crippen molar-refractivity contribution in [3.63, 3.8) is 0 Å². The lowest BCUT2D eigenvalue weighted by Gasteiger charge is -2.15. The van der Waals surface area contributed by atoms with Crippen molar-refractivity contribution in [1.82, 2.24) is 19.6 Å². The van der Waals surface area contributed by atoms with Crippen LogP contribution in [0.1, 0.15) is 5.56 Å². The first-order chi connectivity index (χ1) is 11.7. The van der Waals surface area contributed by atoms with E-state index in [0.717, 1.165) is 32.4 Å². The SMILES string of the molecule is CN(Cc1ccc(Br)cc1)c1nn2cc(-c3cccnc3)nc2s1. The molecule has 0 radical (unpaired) electrons. The first-order valence-electron chi connectivity index (χ1n) is 7.41. The smallest absolute Gasteiger partial charge is 0.214 e. The first-order valence-corrected chi connectivity index (χ1v) is 9.02. The van der Waals surface area contributed by atoms with Gasteiger partial charge in [0.2, 0.25) is 10.1 Å². The zero-order valence-electron chi connectivity index (χ0n) is 12.9. The lowest BCUT2D eigenvalue weighted by atomic mass is 10.2. The lowest BCUT2D eigenvalue weighted by molar-refractivity contribution is 0.870. The fourth-order valence-electron chi connectivity index (χ4n) is 2.43. The normalized spacial score (nSPS) is 11.1. The van der Waals surface area contributed by atoms with E-state index in [9.17, 15) is 0 Å². The van der Waals surface area contributed by atoms with E-state index in [1.54, 1.807) is 17.5 Å². The summed E-state index contributed by atoms with van der Waals surface area (Å²) < 4.78 is 2.92. The zero-order valence-corrected chi connectivity index (χ0v) is 15.3. The predicted molar refractivity (Wildman–Crippen MR) is 100 cm³/mol. The largest absolute Gasteiger partial charge is 0.345 e. The van der Waals surface area contributed by atoms with Gasteiger partial charge in [-0.15, -0.1) is 5.10 Å². The number of benzene rings is 1. The molecule has 0 atom stereocenters. The number of aromatic nitrogens is 4. The number of nitrogens with zero attached hydrogens (tertiary/aromatic N) is 5. The number of fused-ring (bicyclic) bond motifs is 1. The van der Waals surface area contributed by atoms with Gasteiger partial charge in [0, 0.05) is 36.0 Å². The van der Waals surface area contributed by atoms with Gasteiger partial charge in [0.1, 0.15) is 0 Å². The van der Waals surface area contributed by atoms with Crippen molar-refractivity contribution in [2.45, 2.75) is 6.54 Å². The van der Waals surface area contributed by atoms with Crippen LogP contribution in [0.4, 0.5) is 5.13 Å². The Hall–Kier alpha value is -2.25. The second kappa shape index (κ2) is 6.33. The molecule has 0 fully saturated rings. The summed E-state index contributed by atoms with van der Waals surface area (Å²) in [6.07, 6.45) is 5.52. The Morgan fingerprint density at radius 1 is 1.21 bits per heavy atom. The first kappa shape index (κ1) is 15.3. The molecule has 0 amide bonds. The molecule has 5 nitrogen and oxygen atoms in total. The van der Waals surface area contributed by atoms with E-state index in [0.29, 0.717) is 0 Å². The Morgan fingerprint density at radius 3 is 2.75 bits per heavy atom. The van der Waals surface area contributed by atoms with Crippen molar-refractivity contribution < 1.29 is 0 Å². The van der Waals surface area contributed by atoms with E-state index in [4.69, 9.17) is 0 Å². The molecule has 0 N–H and O–H groups in total. The highest BCUT2D eigenvalue weighted by molar-refractivity contribution is 9.10. The van der Waals surface area contributed by atoms with Crippen molar-refractivity contribution in [3.8, 4) is 11.3 Å². The third kappa shape index (κ3) is 3.05. The second-order valence-corrected chi connectivity index (χ2v) is 7.31. The third-order valence-corrected chi connectivity index (χ3v) is 5.21. The van der Waals surface area contributed by atoms with Crippen molar-refractivity contribution >= 4 is 37.4 Å². The number of halogens is 1. The van der Waals surface area contributed by atoms with E-state index in [1.807, 2.05) is 36.1 Å². The molecule has 4 rings (SSSR count). The second-order valence-electron chi connectivity index (χ2n) is 5.46. The van der Waals surface area contributed by atoms with Gasteiger partial charge < -0.3 is 4.90 Å². The summed E-state index contributed by atoms with van der Waals surface area (Å²) in [6.45, 7) is 0.805. The summed E-state index contributed by atoms with van der Waals surface area (Å²) in [5.41, 5.74) is 3.13. The van der Waals surface area contributed by atoms with Crippen molar-refractivity contribution in [2.24, 2.45) is 0 Å². The van der Waals surface area contributed by atoms with E-state index >= 15 is 0 Å². The molecule has 0 bridgehead atoms. The lowest BCUT2D eigenvalue weighted by Crippen LogP contribution is -2.16. The standard InChI is InChI=1S/C17H14BrN5S/c1-22(10-12-4-6-14(18)7-5-12)17-21-23-11-15(20-16(23)24-17)13-3-2-8-19-9-13/h2-9,11H,10H2,1H3. The summed E-state index contributed by atoms with van der Waals surface area (Å²) in [7, 11) is 2.04. The Labute approximate surface area is 151 Å². The van der Waals surface area contributed by atoms with Gasteiger partial charge in [-0.05, 0) is 29.8 Å². The molecule has 0 aliphatic carbocycles. The maximum absolute atomic E-state index is 4.65. The summed E-state index contributed by atoms with van der Waals surface area (Å²) >= 11 is 5.04.